The quantitative estimate of drug-likeness (QED) is 0.392. The van der Waals surface area contributed by atoms with Crippen molar-refractivity contribution in [1.82, 2.24) is 19.7 Å². The van der Waals surface area contributed by atoms with Crippen LogP contribution < -0.4 is 5.32 Å². The van der Waals surface area contributed by atoms with Crippen molar-refractivity contribution in [2.24, 2.45) is 0 Å². The van der Waals surface area contributed by atoms with Gasteiger partial charge < -0.3 is 20.0 Å². The Hall–Kier alpha value is -3.56. The largest absolute Gasteiger partial charge is 0.337 e. The van der Waals surface area contributed by atoms with Gasteiger partial charge in [-0.15, -0.1) is 11.3 Å². The Balaban J connectivity index is 1.60. The summed E-state index contributed by atoms with van der Waals surface area (Å²) in [7, 11) is 3.96. The minimum Gasteiger partial charge on any atom is -0.337 e. The van der Waals surface area contributed by atoms with E-state index in [0.29, 0.717) is 29.5 Å². The lowest BCUT2D eigenvalue weighted by Gasteiger charge is -2.26. The van der Waals surface area contributed by atoms with Crippen molar-refractivity contribution >= 4 is 34.2 Å². The van der Waals surface area contributed by atoms with Crippen molar-refractivity contribution in [3.05, 3.63) is 82.9 Å². The molecule has 9 heteroatoms. The number of amides is 3. The zero-order valence-corrected chi connectivity index (χ0v) is 22.7. The van der Waals surface area contributed by atoms with Gasteiger partial charge in [0, 0.05) is 36.6 Å². The van der Waals surface area contributed by atoms with Crippen LogP contribution in [-0.2, 0) is 22.6 Å². The van der Waals surface area contributed by atoms with Crippen molar-refractivity contribution in [2.75, 3.05) is 39.0 Å². The smallest absolute Gasteiger partial charge is 0.254 e. The van der Waals surface area contributed by atoms with E-state index >= 15 is 0 Å². The third kappa shape index (κ3) is 8.80. The first-order valence-corrected chi connectivity index (χ1v) is 13.2. The molecule has 1 aromatic heterocycles. The maximum Gasteiger partial charge on any atom is 0.254 e. The number of benzene rings is 2. The number of hydrogen-bond acceptors (Lipinski definition) is 6. The first-order chi connectivity index (χ1) is 17.7. The molecule has 3 rings (SSSR count). The van der Waals surface area contributed by atoms with Crippen LogP contribution in [0.3, 0.4) is 0 Å². The molecule has 0 atom stereocenters. The molecule has 0 aliphatic heterocycles. The van der Waals surface area contributed by atoms with Gasteiger partial charge >= 0.3 is 0 Å². The predicted octanol–water partition coefficient (Wildman–Crippen LogP) is 3.77. The average molecular weight is 522 g/mol. The Kier molecular flexibility index (Phi) is 10.3. The normalized spacial score (nSPS) is 11.0. The van der Waals surface area contributed by atoms with Crippen LogP contribution in [0.15, 0.2) is 66.0 Å². The lowest BCUT2D eigenvalue weighted by Crippen LogP contribution is -2.42. The van der Waals surface area contributed by atoms with Crippen molar-refractivity contribution in [3.8, 4) is 0 Å². The topological polar surface area (TPSA) is 85.8 Å². The van der Waals surface area contributed by atoms with Crippen LogP contribution in [0, 0.1) is 0 Å². The maximum absolute atomic E-state index is 13.1. The summed E-state index contributed by atoms with van der Waals surface area (Å²) in [6, 6.07) is 18.7. The van der Waals surface area contributed by atoms with Crippen LogP contribution in [-0.4, -0.2) is 77.2 Å². The number of carbonyl (C=O) groups is 3. The molecule has 0 saturated carbocycles. The number of likely N-dealkylation sites (N-methyl/N-ethyl adjacent to an activating group) is 1. The Bertz CT molecular complexity index is 1160. The molecule has 8 nitrogen and oxygen atoms in total. The standard InChI is InChI=1S/C28H35N5O3S/c1-21(2)33(27(36)23-13-9-6-10-14-23)19-25(34)30-28-29-24(20-37-28)17-26(35)32(16-15-31(3)4)18-22-11-7-5-8-12-22/h5-14,20-21H,15-19H2,1-4H3,(H,29,30,34). The summed E-state index contributed by atoms with van der Waals surface area (Å²) in [4.78, 5) is 48.6. The van der Waals surface area contributed by atoms with E-state index in [1.54, 1.807) is 29.6 Å². The van der Waals surface area contributed by atoms with E-state index in [-0.39, 0.29) is 36.7 Å². The van der Waals surface area contributed by atoms with Gasteiger partial charge in [0.05, 0.1) is 12.1 Å². The number of nitrogens with one attached hydrogen (secondary N) is 1. The van der Waals surface area contributed by atoms with Crippen molar-refractivity contribution in [1.29, 1.82) is 0 Å². The third-order valence-electron chi connectivity index (χ3n) is 5.74. The lowest BCUT2D eigenvalue weighted by molar-refractivity contribution is -0.131. The molecule has 0 spiro atoms. The fourth-order valence-corrected chi connectivity index (χ4v) is 4.40. The Labute approximate surface area is 222 Å². The second-order valence-corrected chi connectivity index (χ2v) is 10.2. The molecule has 0 radical (unpaired) electrons. The first kappa shape index (κ1) is 28.0. The summed E-state index contributed by atoms with van der Waals surface area (Å²) in [6.45, 7) is 5.55. The molecule has 0 fully saturated rings. The first-order valence-electron chi connectivity index (χ1n) is 12.3. The van der Waals surface area contributed by atoms with Gasteiger partial charge in [0.2, 0.25) is 11.8 Å². The monoisotopic (exact) mass is 521 g/mol. The van der Waals surface area contributed by atoms with E-state index in [1.165, 1.54) is 16.2 Å². The van der Waals surface area contributed by atoms with Gasteiger partial charge in [-0.1, -0.05) is 48.5 Å². The van der Waals surface area contributed by atoms with E-state index in [1.807, 2.05) is 74.1 Å². The second kappa shape index (κ2) is 13.7. The van der Waals surface area contributed by atoms with E-state index < -0.39 is 0 Å². The van der Waals surface area contributed by atoms with Gasteiger partial charge in [-0.3, -0.25) is 14.4 Å². The zero-order valence-electron chi connectivity index (χ0n) is 21.9. The SMILES string of the molecule is CC(C)N(CC(=O)Nc1nc(CC(=O)N(CCN(C)C)Cc2ccccc2)cs1)C(=O)c1ccccc1. The van der Waals surface area contributed by atoms with E-state index in [0.717, 1.165) is 12.1 Å². The highest BCUT2D eigenvalue weighted by atomic mass is 32.1. The molecule has 1 N–H and O–H groups in total. The van der Waals surface area contributed by atoms with E-state index in [2.05, 4.69) is 10.3 Å². The maximum atomic E-state index is 13.1. The molecule has 3 amide bonds. The van der Waals surface area contributed by atoms with Crippen LogP contribution in [0.25, 0.3) is 0 Å². The summed E-state index contributed by atoms with van der Waals surface area (Å²) in [5.74, 6) is -0.553. The highest BCUT2D eigenvalue weighted by Gasteiger charge is 2.22. The van der Waals surface area contributed by atoms with E-state index in [9.17, 15) is 14.4 Å². The molecular formula is C28H35N5O3S. The number of nitrogens with zero attached hydrogens (tertiary/aromatic N) is 4. The third-order valence-corrected chi connectivity index (χ3v) is 6.54. The molecular weight excluding hydrogens is 486 g/mol. The number of rotatable bonds is 12. The molecule has 3 aromatic rings. The minimum atomic E-state index is -0.332. The molecule has 37 heavy (non-hydrogen) atoms. The molecule has 0 aliphatic carbocycles. The fourth-order valence-electron chi connectivity index (χ4n) is 3.68. The Morgan fingerprint density at radius 2 is 1.59 bits per heavy atom. The highest BCUT2D eigenvalue weighted by molar-refractivity contribution is 7.13. The summed E-state index contributed by atoms with van der Waals surface area (Å²) in [6.07, 6.45) is 0.150. The van der Waals surface area contributed by atoms with E-state index in [4.69, 9.17) is 0 Å². The summed E-state index contributed by atoms with van der Waals surface area (Å²) >= 11 is 1.27. The van der Waals surface area contributed by atoms with Gasteiger partial charge in [0.25, 0.3) is 5.91 Å². The molecule has 0 aliphatic rings. The van der Waals surface area contributed by atoms with Gasteiger partial charge in [-0.2, -0.15) is 0 Å². The molecule has 196 valence electrons. The van der Waals surface area contributed by atoms with Gasteiger partial charge in [0.1, 0.15) is 6.54 Å². The summed E-state index contributed by atoms with van der Waals surface area (Å²) in [5.41, 5.74) is 2.21. The van der Waals surface area contributed by atoms with Crippen LogP contribution in [0.5, 0.6) is 0 Å². The molecule has 0 unspecified atom stereocenters. The van der Waals surface area contributed by atoms with Crippen molar-refractivity contribution in [3.63, 3.8) is 0 Å². The Morgan fingerprint density at radius 1 is 0.946 bits per heavy atom. The number of aromatic nitrogens is 1. The number of anilines is 1. The Morgan fingerprint density at radius 3 is 2.22 bits per heavy atom. The van der Waals surface area contributed by atoms with Crippen molar-refractivity contribution < 1.29 is 14.4 Å². The van der Waals surface area contributed by atoms with Crippen LogP contribution in [0.1, 0.15) is 35.5 Å². The zero-order chi connectivity index (χ0) is 26.8. The minimum absolute atomic E-state index is 0.0201. The highest BCUT2D eigenvalue weighted by Crippen LogP contribution is 2.18. The van der Waals surface area contributed by atoms with Gasteiger partial charge in [0.15, 0.2) is 5.13 Å². The molecule has 0 bridgehead atoms. The fraction of sp³-hybridized carbons (Fsp3) is 0.357. The molecule has 0 saturated heterocycles. The lowest BCUT2D eigenvalue weighted by atomic mass is 10.1. The number of thiazole rings is 1. The van der Waals surface area contributed by atoms with Crippen LogP contribution in [0.2, 0.25) is 0 Å². The molecule has 2 aromatic carbocycles. The van der Waals surface area contributed by atoms with Crippen LogP contribution >= 0.6 is 11.3 Å². The second-order valence-electron chi connectivity index (χ2n) is 9.37. The van der Waals surface area contributed by atoms with Crippen molar-refractivity contribution in [2.45, 2.75) is 32.9 Å². The summed E-state index contributed by atoms with van der Waals surface area (Å²) < 4.78 is 0. The average Bonchev–Trinajstić information content (AvgIpc) is 3.31. The summed E-state index contributed by atoms with van der Waals surface area (Å²) in [5, 5.41) is 4.98. The van der Waals surface area contributed by atoms with Gasteiger partial charge in [-0.25, -0.2) is 4.98 Å². The van der Waals surface area contributed by atoms with Gasteiger partial charge in [-0.05, 0) is 45.6 Å². The predicted molar refractivity (Wildman–Crippen MR) is 147 cm³/mol. The molecule has 1 heterocycles. The number of carbonyl (C=O) groups excluding carboxylic acids is 3. The van der Waals surface area contributed by atoms with Crippen LogP contribution in [0.4, 0.5) is 5.13 Å². The number of hydrogen-bond donors (Lipinski definition) is 1.